The van der Waals surface area contributed by atoms with Crippen molar-refractivity contribution in [2.75, 3.05) is 5.32 Å². The first-order chi connectivity index (χ1) is 7.39. The lowest BCUT2D eigenvalue weighted by molar-refractivity contribution is -0.137. The molecule has 0 saturated carbocycles. The van der Waals surface area contributed by atoms with Crippen LogP contribution >= 0.6 is 0 Å². The number of rotatable bonds is 4. The van der Waals surface area contributed by atoms with Crippen LogP contribution < -0.4 is 5.32 Å². The molecule has 5 heteroatoms. The van der Waals surface area contributed by atoms with E-state index in [0.717, 1.165) is 0 Å². The van der Waals surface area contributed by atoms with Crippen LogP contribution in [0.25, 0.3) is 0 Å². The van der Waals surface area contributed by atoms with Crippen molar-refractivity contribution >= 4 is 11.8 Å². The van der Waals surface area contributed by atoms with Crippen molar-refractivity contribution in [2.45, 2.75) is 33.2 Å². The van der Waals surface area contributed by atoms with Gasteiger partial charge >= 0.3 is 5.97 Å². The number of hydrogen-bond donors (Lipinski definition) is 2. The lowest BCUT2D eigenvalue weighted by atomic mass is 9.85. The molecule has 0 spiro atoms. The zero-order valence-electron chi connectivity index (χ0n) is 9.77. The maximum atomic E-state index is 10.8. The Labute approximate surface area is 94.9 Å². The van der Waals surface area contributed by atoms with E-state index in [9.17, 15) is 4.79 Å². The van der Waals surface area contributed by atoms with Crippen LogP contribution in [0.2, 0.25) is 0 Å². The molecule has 1 aromatic rings. The number of hydrogen-bond acceptors (Lipinski definition) is 4. The van der Waals surface area contributed by atoms with Crippen LogP contribution in [-0.2, 0) is 4.79 Å². The molecule has 2 N–H and O–H groups in total. The summed E-state index contributed by atoms with van der Waals surface area (Å²) in [4.78, 5) is 18.8. The molecule has 0 aliphatic carbocycles. The summed E-state index contributed by atoms with van der Waals surface area (Å²) < 4.78 is 0. The van der Waals surface area contributed by atoms with Gasteiger partial charge in [0, 0.05) is 18.4 Å². The van der Waals surface area contributed by atoms with Crippen LogP contribution in [0.4, 0.5) is 5.82 Å². The summed E-state index contributed by atoms with van der Waals surface area (Å²) in [5, 5.41) is 11.9. The molecular formula is C11H17N3O2. The summed E-state index contributed by atoms with van der Waals surface area (Å²) in [6.45, 7) is 5.97. The number of anilines is 1. The Hall–Kier alpha value is -1.65. The van der Waals surface area contributed by atoms with E-state index in [1.807, 2.05) is 20.8 Å². The summed E-state index contributed by atoms with van der Waals surface area (Å²) in [6.07, 6.45) is 4.79. The first-order valence-corrected chi connectivity index (χ1v) is 5.14. The highest BCUT2D eigenvalue weighted by Gasteiger charge is 2.27. The molecule has 1 rings (SSSR count). The molecule has 0 aromatic carbocycles. The van der Waals surface area contributed by atoms with Gasteiger partial charge in [-0.05, 0) is 5.41 Å². The number of nitrogens with one attached hydrogen (secondary N) is 1. The van der Waals surface area contributed by atoms with E-state index in [2.05, 4.69) is 15.3 Å². The Kier molecular flexibility index (Phi) is 3.82. The Morgan fingerprint density at radius 2 is 2.19 bits per heavy atom. The standard InChI is InChI=1S/C11H17N3O2/c1-11(2,3)8(6-10(15)16)14-9-7-12-4-5-13-9/h4-5,7-8H,6H2,1-3H3,(H,13,14)(H,15,16). The molecule has 0 radical (unpaired) electrons. The zero-order chi connectivity index (χ0) is 12.2. The minimum Gasteiger partial charge on any atom is -0.481 e. The van der Waals surface area contributed by atoms with Gasteiger partial charge in [0.15, 0.2) is 0 Å². The van der Waals surface area contributed by atoms with Crippen LogP contribution in [0, 0.1) is 5.41 Å². The Bertz CT molecular complexity index is 346. The summed E-state index contributed by atoms with van der Waals surface area (Å²) in [5.74, 6) is -0.222. The van der Waals surface area contributed by atoms with Gasteiger partial charge in [-0.25, -0.2) is 4.98 Å². The van der Waals surface area contributed by atoms with E-state index >= 15 is 0 Å². The second kappa shape index (κ2) is 4.92. The van der Waals surface area contributed by atoms with Crippen LogP contribution in [0.1, 0.15) is 27.2 Å². The van der Waals surface area contributed by atoms with E-state index in [-0.39, 0.29) is 17.9 Å². The number of carbonyl (C=O) groups is 1. The number of aliphatic carboxylic acids is 1. The van der Waals surface area contributed by atoms with Crippen LogP contribution in [0.5, 0.6) is 0 Å². The first-order valence-electron chi connectivity index (χ1n) is 5.14. The highest BCUT2D eigenvalue weighted by Crippen LogP contribution is 2.24. The van der Waals surface area contributed by atoms with Gasteiger partial charge in [0.1, 0.15) is 5.82 Å². The molecule has 0 aliphatic rings. The van der Waals surface area contributed by atoms with Crippen LogP contribution in [0.15, 0.2) is 18.6 Å². The predicted octanol–water partition coefficient (Wildman–Crippen LogP) is 1.78. The highest BCUT2D eigenvalue weighted by molar-refractivity contribution is 5.68. The van der Waals surface area contributed by atoms with Crippen LogP contribution in [-0.4, -0.2) is 27.1 Å². The number of aromatic nitrogens is 2. The molecule has 0 aliphatic heterocycles. The van der Waals surface area contributed by atoms with Crippen molar-refractivity contribution in [1.82, 2.24) is 9.97 Å². The normalized spacial score (nSPS) is 13.2. The third kappa shape index (κ3) is 3.84. The molecular weight excluding hydrogens is 206 g/mol. The Balaban J connectivity index is 2.75. The van der Waals surface area contributed by atoms with Gasteiger partial charge in [0.05, 0.1) is 12.6 Å². The smallest absolute Gasteiger partial charge is 0.305 e. The van der Waals surface area contributed by atoms with Gasteiger partial charge < -0.3 is 10.4 Å². The first kappa shape index (κ1) is 12.4. The average Bonchev–Trinajstić information content (AvgIpc) is 2.16. The van der Waals surface area contributed by atoms with Crippen LogP contribution in [0.3, 0.4) is 0 Å². The number of nitrogens with zero attached hydrogens (tertiary/aromatic N) is 2. The third-order valence-electron chi connectivity index (χ3n) is 2.31. The van der Waals surface area contributed by atoms with Crippen molar-refractivity contribution < 1.29 is 9.90 Å². The van der Waals surface area contributed by atoms with Gasteiger partial charge in [-0.3, -0.25) is 9.78 Å². The van der Waals surface area contributed by atoms with E-state index in [1.165, 1.54) is 0 Å². The van der Waals surface area contributed by atoms with Gasteiger partial charge in [0.2, 0.25) is 0 Å². The molecule has 0 bridgehead atoms. The highest BCUT2D eigenvalue weighted by atomic mass is 16.4. The molecule has 1 unspecified atom stereocenters. The molecule has 1 atom stereocenters. The fourth-order valence-electron chi connectivity index (χ4n) is 1.30. The zero-order valence-corrected chi connectivity index (χ0v) is 9.77. The van der Waals surface area contributed by atoms with Gasteiger partial charge in [0.25, 0.3) is 0 Å². The molecule has 0 fully saturated rings. The number of carboxylic acids is 1. The lowest BCUT2D eigenvalue weighted by Crippen LogP contribution is -2.36. The Morgan fingerprint density at radius 3 is 2.62 bits per heavy atom. The lowest BCUT2D eigenvalue weighted by Gasteiger charge is -2.30. The van der Waals surface area contributed by atoms with E-state index < -0.39 is 5.97 Å². The quantitative estimate of drug-likeness (QED) is 0.813. The monoisotopic (exact) mass is 223 g/mol. The number of carboxylic acid groups (broad SMARTS) is 1. The van der Waals surface area contributed by atoms with E-state index in [1.54, 1.807) is 18.6 Å². The molecule has 88 valence electrons. The summed E-state index contributed by atoms with van der Waals surface area (Å²) in [6, 6.07) is -0.179. The van der Waals surface area contributed by atoms with Gasteiger partial charge in [-0.15, -0.1) is 0 Å². The summed E-state index contributed by atoms with van der Waals surface area (Å²) in [5.41, 5.74) is -0.157. The summed E-state index contributed by atoms with van der Waals surface area (Å²) in [7, 11) is 0. The maximum absolute atomic E-state index is 10.8. The minimum atomic E-state index is -0.823. The second-order valence-electron chi connectivity index (χ2n) is 4.75. The largest absolute Gasteiger partial charge is 0.481 e. The second-order valence-corrected chi connectivity index (χ2v) is 4.75. The van der Waals surface area contributed by atoms with Crippen molar-refractivity contribution in [3.8, 4) is 0 Å². The van der Waals surface area contributed by atoms with E-state index in [4.69, 9.17) is 5.11 Å². The predicted molar refractivity (Wildman–Crippen MR) is 61.2 cm³/mol. The van der Waals surface area contributed by atoms with Crippen molar-refractivity contribution in [2.24, 2.45) is 5.41 Å². The topological polar surface area (TPSA) is 75.1 Å². The molecule has 16 heavy (non-hydrogen) atoms. The third-order valence-corrected chi connectivity index (χ3v) is 2.31. The van der Waals surface area contributed by atoms with Gasteiger partial charge in [-0.1, -0.05) is 20.8 Å². The maximum Gasteiger partial charge on any atom is 0.305 e. The fourth-order valence-corrected chi connectivity index (χ4v) is 1.30. The molecule has 0 amide bonds. The van der Waals surface area contributed by atoms with Gasteiger partial charge in [-0.2, -0.15) is 0 Å². The van der Waals surface area contributed by atoms with Crippen molar-refractivity contribution in [3.05, 3.63) is 18.6 Å². The van der Waals surface area contributed by atoms with Crippen molar-refractivity contribution in [1.29, 1.82) is 0 Å². The fraction of sp³-hybridized carbons (Fsp3) is 0.545. The molecule has 0 saturated heterocycles. The SMILES string of the molecule is CC(C)(C)C(CC(=O)O)Nc1cnccn1. The summed E-state index contributed by atoms with van der Waals surface area (Å²) >= 11 is 0. The average molecular weight is 223 g/mol. The molecule has 1 aromatic heterocycles. The molecule has 5 nitrogen and oxygen atoms in total. The minimum absolute atomic E-state index is 0.0556. The van der Waals surface area contributed by atoms with Crippen molar-refractivity contribution in [3.63, 3.8) is 0 Å². The van der Waals surface area contributed by atoms with E-state index in [0.29, 0.717) is 5.82 Å². The molecule has 1 heterocycles. The Morgan fingerprint density at radius 1 is 1.50 bits per heavy atom.